The van der Waals surface area contributed by atoms with E-state index in [1.54, 1.807) is 48.5 Å². The van der Waals surface area contributed by atoms with E-state index in [4.69, 9.17) is 0 Å². The zero-order valence-corrected chi connectivity index (χ0v) is 15.4. The van der Waals surface area contributed by atoms with E-state index in [1.807, 2.05) is 6.92 Å². The van der Waals surface area contributed by atoms with Gasteiger partial charge in [0.1, 0.15) is 0 Å². The number of Topliss-reactive ketones (excluding diaryl/α,β-unsaturated/α-hetero) is 1. The van der Waals surface area contributed by atoms with Gasteiger partial charge in [0, 0.05) is 23.2 Å². The molecule has 0 aliphatic heterocycles. The van der Waals surface area contributed by atoms with Crippen LogP contribution in [0.15, 0.2) is 53.3 Å². The Labute approximate surface area is 156 Å². The second-order valence-corrected chi connectivity index (χ2v) is 6.37. The maximum Gasteiger partial charge on any atom is 0.276 e. The number of carbonyl (C=O) groups is 2. The van der Waals surface area contributed by atoms with Crippen molar-refractivity contribution in [3.05, 3.63) is 70.1 Å². The van der Waals surface area contributed by atoms with Crippen LogP contribution in [0, 0.1) is 0 Å². The third-order valence-electron chi connectivity index (χ3n) is 4.33. The van der Waals surface area contributed by atoms with Gasteiger partial charge in [0.05, 0.1) is 5.39 Å². The predicted molar refractivity (Wildman–Crippen MR) is 105 cm³/mol. The molecule has 0 saturated carbocycles. The number of aryl methyl sites for hydroxylation is 1. The molecule has 0 unspecified atom stereocenters. The minimum atomic E-state index is -0.419. The Morgan fingerprint density at radius 1 is 1.07 bits per heavy atom. The summed E-state index contributed by atoms with van der Waals surface area (Å²) in [5, 5.41) is 8.07. The van der Waals surface area contributed by atoms with Gasteiger partial charge >= 0.3 is 0 Å². The Bertz CT molecular complexity index is 1070. The van der Waals surface area contributed by atoms with Crippen LogP contribution >= 0.6 is 0 Å². The van der Waals surface area contributed by atoms with Crippen molar-refractivity contribution in [3.63, 3.8) is 0 Å². The fraction of sp³-hybridized carbons (Fsp3) is 0.238. The van der Waals surface area contributed by atoms with Gasteiger partial charge in [-0.3, -0.25) is 14.4 Å². The van der Waals surface area contributed by atoms with Gasteiger partial charge in [-0.05, 0) is 31.5 Å². The molecule has 6 heteroatoms. The van der Waals surface area contributed by atoms with E-state index in [1.165, 1.54) is 11.6 Å². The number of hydrogen-bond acceptors (Lipinski definition) is 4. The molecule has 0 spiro atoms. The molecule has 2 aromatic carbocycles. The molecule has 0 saturated heterocycles. The molecular formula is C21H21N3O3. The van der Waals surface area contributed by atoms with Gasteiger partial charge in [-0.2, -0.15) is 5.10 Å². The summed E-state index contributed by atoms with van der Waals surface area (Å²) in [5.41, 5.74) is 1.01. The van der Waals surface area contributed by atoms with Crippen LogP contribution in [0.2, 0.25) is 0 Å². The maximum absolute atomic E-state index is 12.9. The number of hydrogen-bond donors (Lipinski definition) is 1. The quantitative estimate of drug-likeness (QED) is 0.678. The first-order chi connectivity index (χ1) is 13.0. The molecule has 1 amide bonds. The SMILES string of the molecule is CCCCn1nc(C(=O)Nc2cccc(C(C)=O)c2)c2ccccc2c1=O. The van der Waals surface area contributed by atoms with Gasteiger partial charge in [0.15, 0.2) is 11.5 Å². The summed E-state index contributed by atoms with van der Waals surface area (Å²) in [6.45, 7) is 3.96. The van der Waals surface area contributed by atoms with Crippen LogP contribution in [-0.4, -0.2) is 21.5 Å². The lowest BCUT2D eigenvalue weighted by atomic mass is 10.1. The summed E-state index contributed by atoms with van der Waals surface area (Å²) in [7, 11) is 0. The maximum atomic E-state index is 12.9. The highest BCUT2D eigenvalue weighted by Gasteiger charge is 2.17. The number of fused-ring (bicyclic) bond motifs is 1. The minimum Gasteiger partial charge on any atom is -0.321 e. The van der Waals surface area contributed by atoms with Crippen LogP contribution in [0.1, 0.15) is 47.5 Å². The van der Waals surface area contributed by atoms with E-state index in [2.05, 4.69) is 10.4 Å². The monoisotopic (exact) mass is 363 g/mol. The summed E-state index contributed by atoms with van der Waals surface area (Å²) in [6.07, 6.45) is 1.72. The highest BCUT2D eigenvalue weighted by Crippen LogP contribution is 2.17. The average Bonchev–Trinajstić information content (AvgIpc) is 2.67. The molecule has 0 radical (unpaired) electrons. The molecule has 6 nitrogen and oxygen atoms in total. The molecule has 1 aromatic heterocycles. The highest BCUT2D eigenvalue weighted by atomic mass is 16.2. The van der Waals surface area contributed by atoms with E-state index in [0.29, 0.717) is 28.6 Å². The zero-order valence-electron chi connectivity index (χ0n) is 15.4. The van der Waals surface area contributed by atoms with Crippen LogP contribution in [-0.2, 0) is 6.54 Å². The number of unbranched alkanes of at least 4 members (excludes halogenated alkanes) is 1. The van der Waals surface area contributed by atoms with E-state index >= 15 is 0 Å². The molecule has 138 valence electrons. The first kappa shape index (κ1) is 18.5. The molecule has 1 N–H and O–H groups in total. The molecule has 0 aliphatic rings. The van der Waals surface area contributed by atoms with Crippen LogP contribution in [0.4, 0.5) is 5.69 Å². The Kier molecular flexibility index (Phi) is 5.45. The van der Waals surface area contributed by atoms with Gasteiger partial charge in [0.25, 0.3) is 11.5 Å². The minimum absolute atomic E-state index is 0.0808. The van der Waals surface area contributed by atoms with Crippen LogP contribution in [0.25, 0.3) is 10.8 Å². The van der Waals surface area contributed by atoms with Crippen molar-refractivity contribution in [3.8, 4) is 0 Å². The number of amides is 1. The standard InChI is InChI=1S/C21H21N3O3/c1-3-4-12-24-21(27)18-11-6-5-10-17(18)19(23-24)20(26)22-16-9-7-8-15(13-16)14(2)25/h5-11,13H,3-4,12H2,1-2H3,(H,22,26). The Balaban J connectivity index is 2.03. The second kappa shape index (κ2) is 7.95. The number of benzene rings is 2. The molecule has 0 aliphatic carbocycles. The van der Waals surface area contributed by atoms with Gasteiger partial charge in [-0.1, -0.05) is 43.7 Å². The summed E-state index contributed by atoms with van der Waals surface area (Å²) < 4.78 is 1.35. The Hall–Kier alpha value is -3.28. The molecule has 0 atom stereocenters. The molecule has 3 aromatic rings. The first-order valence-corrected chi connectivity index (χ1v) is 8.93. The number of nitrogens with one attached hydrogen (secondary N) is 1. The van der Waals surface area contributed by atoms with E-state index < -0.39 is 5.91 Å². The van der Waals surface area contributed by atoms with Gasteiger partial charge in [0.2, 0.25) is 0 Å². The lowest BCUT2D eigenvalue weighted by molar-refractivity contribution is 0.100. The fourth-order valence-electron chi connectivity index (χ4n) is 2.87. The molecule has 0 fully saturated rings. The number of nitrogens with zero attached hydrogens (tertiary/aromatic N) is 2. The first-order valence-electron chi connectivity index (χ1n) is 8.93. The number of rotatable bonds is 6. The Morgan fingerprint density at radius 3 is 2.52 bits per heavy atom. The lowest BCUT2D eigenvalue weighted by Gasteiger charge is -2.11. The van der Waals surface area contributed by atoms with Crippen molar-refractivity contribution in [1.82, 2.24) is 9.78 Å². The van der Waals surface area contributed by atoms with Crippen molar-refractivity contribution in [2.75, 3.05) is 5.32 Å². The van der Waals surface area contributed by atoms with Crippen molar-refractivity contribution in [2.45, 2.75) is 33.2 Å². The van der Waals surface area contributed by atoms with Crippen molar-refractivity contribution in [1.29, 1.82) is 0 Å². The van der Waals surface area contributed by atoms with Gasteiger partial charge in [-0.15, -0.1) is 0 Å². The average molecular weight is 363 g/mol. The van der Waals surface area contributed by atoms with E-state index in [-0.39, 0.29) is 17.0 Å². The number of aromatic nitrogens is 2. The van der Waals surface area contributed by atoms with Gasteiger partial charge < -0.3 is 5.32 Å². The van der Waals surface area contributed by atoms with Gasteiger partial charge in [-0.25, -0.2) is 4.68 Å². The van der Waals surface area contributed by atoms with Crippen LogP contribution < -0.4 is 10.9 Å². The summed E-state index contributed by atoms with van der Waals surface area (Å²) in [6, 6.07) is 13.7. The van der Waals surface area contributed by atoms with Crippen molar-refractivity contribution in [2.24, 2.45) is 0 Å². The Morgan fingerprint density at radius 2 is 1.81 bits per heavy atom. The van der Waals surface area contributed by atoms with E-state index in [0.717, 1.165) is 12.8 Å². The summed E-state index contributed by atoms with van der Waals surface area (Å²) in [5.74, 6) is -0.500. The third kappa shape index (κ3) is 3.95. The number of anilines is 1. The largest absolute Gasteiger partial charge is 0.321 e. The summed E-state index contributed by atoms with van der Waals surface area (Å²) in [4.78, 5) is 37.0. The van der Waals surface area contributed by atoms with Crippen molar-refractivity contribution >= 4 is 28.2 Å². The fourth-order valence-corrected chi connectivity index (χ4v) is 2.87. The number of ketones is 1. The topological polar surface area (TPSA) is 81.1 Å². The van der Waals surface area contributed by atoms with E-state index in [9.17, 15) is 14.4 Å². The van der Waals surface area contributed by atoms with Crippen molar-refractivity contribution < 1.29 is 9.59 Å². The molecule has 0 bridgehead atoms. The number of carbonyl (C=O) groups excluding carboxylic acids is 2. The highest BCUT2D eigenvalue weighted by molar-refractivity contribution is 6.11. The van der Waals surface area contributed by atoms with Crippen LogP contribution in [0.3, 0.4) is 0 Å². The normalized spacial score (nSPS) is 10.7. The second-order valence-electron chi connectivity index (χ2n) is 6.37. The molecule has 27 heavy (non-hydrogen) atoms. The zero-order chi connectivity index (χ0) is 19.4. The lowest BCUT2D eigenvalue weighted by Crippen LogP contribution is -2.27. The van der Waals surface area contributed by atoms with Crippen LogP contribution in [0.5, 0.6) is 0 Å². The summed E-state index contributed by atoms with van der Waals surface area (Å²) >= 11 is 0. The molecule has 3 rings (SSSR count). The smallest absolute Gasteiger partial charge is 0.276 e. The third-order valence-corrected chi connectivity index (χ3v) is 4.33. The molecular weight excluding hydrogens is 342 g/mol. The molecule has 1 heterocycles. The predicted octanol–water partition coefficient (Wildman–Crippen LogP) is 3.65.